The summed E-state index contributed by atoms with van der Waals surface area (Å²) in [7, 11) is 3.38. The van der Waals surface area contributed by atoms with Gasteiger partial charge in [0.15, 0.2) is 0 Å². The third-order valence-corrected chi connectivity index (χ3v) is 6.78. The van der Waals surface area contributed by atoms with Gasteiger partial charge in [0.25, 0.3) is 5.56 Å². The molecular weight excluding hydrogens is 444 g/mol. The number of para-hydroxylation sites is 1. The Morgan fingerprint density at radius 2 is 1.77 bits per heavy atom. The molecule has 8 nitrogen and oxygen atoms in total. The van der Waals surface area contributed by atoms with Crippen molar-refractivity contribution in [2.24, 2.45) is 13.0 Å². The van der Waals surface area contributed by atoms with E-state index in [1.165, 1.54) is 4.68 Å². The van der Waals surface area contributed by atoms with Crippen LogP contribution in [0.1, 0.15) is 43.5 Å². The highest BCUT2D eigenvalue weighted by Crippen LogP contribution is 2.39. The van der Waals surface area contributed by atoms with Gasteiger partial charge in [-0.1, -0.05) is 43.7 Å². The molecule has 0 saturated carbocycles. The number of anilines is 1. The Hall–Kier alpha value is -3.81. The number of carbonyl (C=O) groups excluding carboxylic acids is 2. The fourth-order valence-corrected chi connectivity index (χ4v) is 4.76. The average Bonchev–Trinajstić information content (AvgIpc) is 3.31. The van der Waals surface area contributed by atoms with Gasteiger partial charge >= 0.3 is 0 Å². The summed E-state index contributed by atoms with van der Waals surface area (Å²) in [5, 5.41) is 2.87. The highest BCUT2D eigenvalue weighted by Gasteiger charge is 2.44. The van der Waals surface area contributed by atoms with Gasteiger partial charge in [-0.15, -0.1) is 0 Å². The van der Waals surface area contributed by atoms with Crippen LogP contribution < -0.4 is 15.6 Å². The van der Waals surface area contributed by atoms with Crippen molar-refractivity contribution in [3.05, 3.63) is 76.2 Å². The van der Waals surface area contributed by atoms with Gasteiger partial charge in [0, 0.05) is 20.0 Å². The van der Waals surface area contributed by atoms with Gasteiger partial charge in [0.05, 0.1) is 30.5 Å². The molecule has 1 saturated heterocycles. The Kier molecular flexibility index (Phi) is 7.10. The third-order valence-electron chi connectivity index (χ3n) is 6.78. The quantitative estimate of drug-likeness (QED) is 0.536. The predicted octanol–water partition coefficient (Wildman–Crippen LogP) is 3.82. The Balaban J connectivity index is 1.67. The van der Waals surface area contributed by atoms with E-state index in [1.54, 1.807) is 30.7 Å². The van der Waals surface area contributed by atoms with Gasteiger partial charge in [-0.3, -0.25) is 19.1 Å². The van der Waals surface area contributed by atoms with Crippen molar-refractivity contribution < 1.29 is 14.3 Å². The summed E-state index contributed by atoms with van der Waals surface area (Å²) in [6.45, 7) is 4.45. The summed E-state index contributed by atoms with van der Waals surface area (Å²) >= 11 is 0. The lowest BCUT2D eigenvalue weighted by Gasteiger charge is -2.28. The van der Waals surface area contributed by atoms with Crippen molar-refractivity contribution in [3.8, 4) is 11.4 Å². The Bertz CT molecular complexity index is 1260. The number of nitrogens with one attached hydrogen (secondary N) is 1. The summed E-state index contributed by atoms with van der Waals surface area (Å²) in [5.74, 6) is -0.285. The van der Waals surface area contributed by atoms with Gasteiger partial charge in [0.1, 0.15) is 11.4 Å². The minimum atomic E-state index is -0.614. The molecule has 0 unspecified atom stereocenters. The van der Waals surface area contributed by atoms with E-state index < -0.39 is 12.0 Å². The van der Waals surface area contributed by atoms with E-state index >= 15 is 0 Å². The molecule has 2 atom stereocenters. The number of rotatable bonds is 8. The molecule has 35 heavy (non-hydrogen) atoms. The van der Waals surface area contributed by atoms with E-state index in [2.05, 4.69) is 12.2 Å². The number of likely N-dealkylation sites (tertiary alicyclic amines) is 1. The Morgan fingerprint density at radius 1 is 1.09 bits per heavy atom. The Labute approximate surface area is 205 Å². The van der Waals surface area contributed by atoms with Crippen LogP contribution in [-0.2, 0) is 16.6 Å². The maximum Gasteiger partial charge on any atom is 0.295 e. The van der Waals surface area contributed by atoms with Crippen LogP contribution in [0.2, 0.25) is 0 Å². The number of methoxy groups -OCH3 is 1. The minimum Gasteiger partial charge on any atom is -0.497 e. The average molecular weight is 477 g/mol. The fourth-order valence-electron chi connectivity index (χ4n) is 4.76. The number of unbranched alkanes of at least 4 members (excludes halogenated alkanes) is 1. The first-order valence-electron chi connectivity index (χ1n) is 12.0. The summed E-state index contributed by atoms with van der Waals surface area (Å²) < 4.78 is 8.53. The van der Waals surface area contributed by atoms with E-state index in [1.807, 2.05) is 54.6 Å². The number of hydrogen-bond donors (Lipinski definition) is 1. The molecule has 2 aromatic carbocycles. The van der Waals surface area contributed by atoms with Gasteiger partial charge < -0.3 is 15.0 Å². The second-order valence-electron chi connectivity index (χ2n) is 8.90. The van der Waals surface area contributed by atoms with Crippen LogP contribution in [0.5, 0.6) is 5.75 Å². The van der Waals surface area contributed by atoms with E-state index in [9.17, 15) is 14.4 Å². The van der Waals surface area contributed by atoms with E-state index in [4.69, 9.17) is 4.74 Å². The third kappa shape index (κ3) is 4.60. The standard InChI is InChI=1S/C27H32N4O4/c1-5-6-16-30-23(32)17-22(25(30)19-12-14-21(35-4)15-13-19)26(33)28-24-18(2)29(3)31(27(24)34)20-10-8-7-9-11-20/h7-15,22,25H,5-6,16-17H2,1-4H3,(H,28,33)/t22-,25+/m1/s1. The molecule has 0 radical (unpaired) electrons. The smallest absolute Gasteiger partial charge is 0.295 e. The molecule has 8 heteroatoms. The number of aromatic nitrogens is 2. The van der Waals surface area contributed by atoms with Crippen molar-refractivity contribution in [3.63, 3.8) is 0 Å². The number of benzene rings is 2. The molecule has 1 aliphatic rings. The topological polar surface area (TPSA) is 85.6 Å². The van der Waals surface area contributed by atoms with E-state index in [0.29, 0.717) is 23.7 Å². The van der Waals surface area contributed by atoms with Crippen molar-refractivity contribution in [2.75, 3.05) is 19.0 Å². The molecule has 4 rings (SSSR count). The van der Waals surface area contributed by atoms with Crippen LogP contribution in [0, 0.1) is 12.8 Å². The lowest BCUT2D eigenvalue weighted by molar-refractivity contribution is -0.129. The molecule has 1 aliphatic heterocycles. The van der Waals surface area contributed by atoms with Crippen LogP contribution in [0.15, 0.2) is 59.4 Å². The van der Waals surface area contributed by atoms with Crippen molar-refractivity contribution in [1.29, 1.82) is 0 Å². The summed E-state index contributed by atoms with van der Waals surface area (Å²) in [6.07, 6.45) is 1.90. The molecule has 1 fully saturated rings. The molecule has 2 amide bonds. The lowest BCUT2D eigenvalue weighted by Crippen LogP contribution is -2.34. The summed E-state index contributed by atoms with van der Waals surface area (Å²) in [4.78, 5) is 41.6. The first kappa shape index (κ1) is 24.3. The zero-order chi connectivity index (χ0) is 25.1. The predicted molar refractivity (Wildman–Crippen MR) is 135 cm³/mol. The monoisotopic (exact) mass is 476 g/mol. The van der Waals surface area contributed by atoms with Crippen molar-refractivity contribution in [1.82, 2.24) is 14.3 Å². The molecule has 1 N–H and O–H groups in total. The van der Waals surface area contributed by atoms with Crippen LogP contribution in [0.25, 0.3) is 5.69 Å². The zero-order valence-electron chi connectivity index (χ0n) is 20.7. The van der Waals surface area contributed by atoms with Crippen LogP contribution >= 0.6 is 0 Å². The molecule has 2 heterocycles. The molecule has 0 aliphatic carbocycles. The van der Waals surface area contributed by atoms with Crippen LogP contribution in [0.3, 0.4) is 0 Å². The van der Waals surface area contributed by atoms with Gasteiger partial charge in [-0.25, -0.2) is 4.68 Å². The maximum atomic E-state index is 13.6. The number of nitrogens with zero attached hydrogens (tertiary/aromatic N) is 3. The fraction of sp³-hybridized carbons (Fsp3) is 0.370. The maximum absolute atomic E-state index is 13.6. The molecule has 184 valence electrons. The summed E-state index contributed by atoms with van der Waals surface area (Å²) in [5.41, 5.74) is 2.15. The molecular formula is C27H32N4O4. The lowest BCUT2D eigenvalue weighted by atomic mass is 9.92. The van der Waals surface area contributed by atoms with Gasteiger partial charge in [-0.2, -0.15) is 0 Å². The van der Waals surface area contributed by atoms with Crippen molar-refractivity contribution >= 4 is 17.5 Å². The number of hydrogen-bond acceptors (Lipinski definition) is 4. The number of carbonyl (C=O) groups is 2. The zero-order valence-corrected chi connectivity index (χ0v) is 20.7. The first-order valence-corrected chi connectivity index (χ1v) is 12.0. The second kappa shape index (κ2) is 10.2. The molecule has 0 spiro atoms. The molecule has 1 aromatic heterocycles. The van der Waals surface area contributed by atoms with Crippen molar-refractivity contribution in [2.45, 2.75) is 39.2 Å². The summed E-state index contributed by atoms with van der Waals surface area (Å²) in [6, 6.07) is 16.4. The van der Waals surface area contributed by atoms with Crippen LogP contribution in [-0.4, -0.2) is 39.7 Å². The second-order valence-corrected chi connectivity index (χ2v) is 8.90. The number of ether oxygens (including phenoxy) is 1. The largest absolute Gasteiger partial charge is 0.497 e. The Morgan fingerprint density at radius 3 is 2.40 bits per heavy atom. The molecule has 0 bridgehead atoms. The normalized spacial score (nSPS) is 17.6. The van der Waals surface area contributed by atoms with E-state index in [-0.39, 0.29) is 29.5 Å². The highest BCUT2D eigenvalue weighted by molar-refractivity contribution is 5.98. The van der Waals surface area contributed by atoms with Gasteiger partial charge in [0.2, 0.25) is 11.8 Å². The van der Waals surface area contributed by atoms with Crippen LogP contribution in [0.4, 0.5) is 5.69 Å². The first-order chi connectivity index (χ1) is 16.9. The number of amides is 2. The van der Waals surface area contributed by atoms with Gasteiger partial charge in [-0.05, 0) is 43.2 Å². The van der Waals surface area contributed by atoms with E-state index in [0.717, 1.165) is 18.4 Å². The highest BCUT2D eigenvalue weighted by atomic mass is 16.5. The SMILES string of the molecule is CCCCN1C(=O)C[C@@H](C(=O)Nc2c(C)n(C)n(-c3ccccc3)c2=O)[C@@H]1c1ccc(OC)cc1. The molecule has 3 aromatic rings. The minimum absolute atomic E-state index is 0.0501.